The second kappa shape index (κ2) is 9.13. The van der Waals surface area contributed by atoms with Gasteiger partial charge in [-0.1, -0.05) is 42.1 Å². The van der Waals surface area contributed by atoms with Crippen LogP contribution in [0, 0.1) is 5.82 Å². The van der Waals surface area contributed by atoms with E-state index in [0.717, 1.165) is 0 Å². The summed E-state index contributed by atoms with van der Waals surface area (Å²) in [6.07, 6.45) is 0. The Morgan fingerprint density at radius 2 is 2.00 bits per heavy atom. The molecule has 1 aromatic heterocycles. The van der Waals surface area contributed by atoms with Crippen LogP contribution in [0.1, 0.15) is 12.5 Å². The number of benzene rings is 2. The number of amides is 1. The van der Waals surface area contributed by atoms with E-state index in [1.807, 2.05) is 31.2 Å². The maximum Gasteiger partial charge on any atom is 0.230 e. The molecule has 0 aliphatic heterocycles. The molecule has 0 aliphatic carbocycles. The summed E-state index contributed by atoms with van der Waals surface area (Å²) >= 11 is 1.19. The predicted octanol–water partition coefficient (Wildman–Crippen LogP) is 2.61. The maximum atomic E-state index is 13.6. The summed E-state index contributed by atoms with van der Waals surface area (Å²) in [6, 6.07) is 13.7. The van der Waals surface area contributed by atoms with Gasteiger partial charge in [0.1, 0.15) is 17.3 Å². The summed E-state index contributed by atoms with van der Waals surface area (Å²) < 4.78 is 20.7. The van der Waals surface area contributed by atoms with Gasteiger partial charge < -0.3 is 10.1 Å². The first-order valence-electron chi connectivity index (χ1n) is 8.32. The summed E-state index contributed by atoms with van der Waals surface area (Å²) in [4.78, 5) is 12.1. The Hall–Kier alpha value is -2.94. The molecule has 0 bridgehead atoms. The minimum atomic E-state index is -0.345. The van der Waals surface area contributed by atoms with Crippen molar-refractivity contribution < 1.29 is 13.9 Å². The van der Waals surface area contributed by atoms with Gasteiger partial charge in [-0.25, -0.2) is 4.39 Å². The van der Waals surface area contributed by atoms with E-state index in [9.17, 15) is 9.18 Å². The Morgan fingerprint density at radius 1 is 1.22 bits per heavy atom. The van der Waals surface area contributed by atoms with Crippen molar-refractivity contribution in [2.75, 3.05) is 12.4 Å². The van der Waals surface area contributed by atoms with Gasteiger partial charge in [0, 0.05) is 12.1 Å². The molecule has 1 amide bonds. The Bertz CT molecular complexity index is 918. The Balaban J connectivity index is 1.62. The smallest absolute Gasteiger partial charge is 0.230 e. The first-order valence-corrected chi connectivity index (χ1v) is 9.31. The van der Waals surface area contributed by atoms with Crippen LogP contribution in [0.2, 0.25) is 0 Å². The molecule has 7 nitrogen and oxygen atoms in total. The third kappa shape index (κ3) is 4.82. The van der Waals surface area contributed by atoms with Crippen molar-refractivity contribution in [3.8, 4) is 11.4 Å². The number of hydrogen-bond donors (Lipinski definition) is 1. The molecule has 3 rings (SSSR count). The van der Waals surface area contributed by atoms with Crippen LogP contribution in [0.5, 0.6) is 5.75 Å². The van der Waals surface area contributed by atoms with Crippen LogP contribution < -0.4 is 10.1 Å². The molecular weight excluding hydrogens is 369 g/mol. The fraction of sp³-hybridized carbons (Fsp3) is 0.222. The summed E-state index contributed by atoms with van der Waals surface area (Å²) in [7, 11) is 0. The highest BCUT2D eigenvalue weighted by Gasteiger charge is 2.15. The number of thioether (sulfide) groups is 1. The monoisotopic (exact) mass is 387 g/mol. The number of carbonyl (C=O) groups is 1. The van der Waals surface area contributed by atoms with Gasteiger partial charge in [-0.2, -0.15) is 4.68 Å². The summed E-state index contributed by atoms with van der Waals surface area (Å²) in [5, 5.41) is 14.8. The average Bonchev–Trinajstić information content (AvgIpc) is 3.15. The SMILES string of the molecule is CCOc1ccccc1-n1nnnc1SCC(=O)NCc1ccccc1F. The van der Waals surface area contributed by atoms with E-state index in [2.05, 4.69) is 20.8 Å². The Labute approximate surface area is 159 Å². The summed E-state index contributed by atoms with van der Waals surface area (Å²) in [5.74, 6) is 0.169. The number of carbonyl (C=O) groups excluding carboxylic acids is 1. The molecule has 0 spiro atoms. The van der Waals surface area contributed by atoms with E-state index >= 15 is 0 Å². The van der Waals surface area contributed by atoms with E-state index in [1.165, 1.54) is 22.5 Å². The van der Waals surface area contributed by atoms with Crippen LogP contribution in [-0.2, 0) is 11.3 Å². The van der Waals surface area contributed by atoms with Crippen molar-refractivity contribution in [2.45, 2.75) is 18.6 Å². The standard InChI is InChI=1S/C18H18FN5O2S/c1-2-26-16-10-6-5-9-15(16)24-18(21-22-23-24)27-12-17(25)20-11-13-7-3-4-8-14(13)19/h3-10H,2,11-12H2,1H3,(H,20,25). The number of rotatable bonds is 8. The van der Waals surface area contributed by atoms with Gasteiger partial charge in [0.15, 0.2) is 0 Å². The minimum absolute atomic E-state index is 0.103. The second-order valence-corrected chi connectivity index (χ2v) is 6.37. The van der Waals surface area contributed by atoms with E-state index < -0.39 is 0 Å². The van der Waals surface area contributed by atoms with Crippen molar-refractivity contribution >= 4 is 17.7 Å². The number of nitrogens with zero attached hydrogens (tertiary/aromatic N) is 4. The molecule has 27 heavy (non-hydrogen) atoms. The van der Waals surface area contributed by atoms with E-state index in [0.29, 0.717) is 28.8 Å². The molecule has 0 radical (unpaired) electrons. The number of halogens is 1. The zero-order chi connectivity index (χ0) is 19.1. The lowest BCUT2D eigenvalue weighted by Crippen LogP contribution is -2.25. The quantitative estimate of drug-likeness (QED) is 0.599. The van der Waals surface area contributed by atoms with Crippen molar-refractivity contribution in [1.82, 2.24) is 25.5 Å². The van der Waals surface area contributed by atoms with Gasteiger partial charge in [0.2, 0.25) is 11.1 Å². The van der Waals surface area contributed by atoms with Gasteiger partial charge >= 0.3 is 0 Å². The lowest BCUT2D eigenvalue weighted by atomic mass is 10.2. The van der Waals surface area contributed by atoms with Crippen molar-refractivity contribution in [1.29, 1.82) is 0 Å². The molecule has 0 saturated carbocycles. The molecule has 140 valence electrons. The molecule has 0 unspecified atom stereocenters. The molecule has 3 aromatic rings. The van der Waals surface area contributed by atoms with Crippen molar-refractivity contribution in [3.05, 3.63) is 59.9 Å². The number of hydrogen-bond acceptors (Lipinski definition) is 6. The van der Waals surface area contributed by atoms with Crippen LogP contribution in [0.3, 0.4) is 0 Å². The van der Waals surface area contributed by atoms with Crippen LogP contribution >= 0.6 is 11.8 Å². The fourth-order valence-electron chi connectivity index (χ4n) is 2.35. The van der Waals surface area contributed by atoms with Gasteiger partial charge in [-0.15, -0.1) is 5.10 Å². The highest BCUT2D eigenvalue weighted by atomic mass is 32.2. The Kier molecular flexibility index (Phi) is 6.37. The highest BCUT2D eigenvalue weighted by molar-refractivity contribution is 7.99. The average molecular weight is 387 g/mol. The van der Waals surface area contributed by atoms with E-state index in [-0.39, 0.29) is 24.0 Å². The van der Waals surface area contributed by atoms with Crippen LogP contribution in [-0.4, -0.2) is 38.5 Å². The lowest BCUT2D eigenvalue weighted by Gasteiger charge is -2.10. The molecule has 0 saturated heterocycles. The summed E-state index contributed by atoms with van der Waals surface area (Å²) in [6.45, 7) is 2.54. The van der Waals surface area contributed by atoms with Crippen molar-refractivity contribution in [3.63, 3.8) is 0 Å². The van der Waals surface area contributed by atoms with Gasteiger partial charge in [0.05, 0.1) is 12.4 Å². The van der Waals surface area contributed by atoms with Crippen LogP contribution in [0.25, 0.3) is 5.69 Å². The molecule has 0 fully saturated rings. The largest absolute Gasteiger partial charge is 0.492 e. The zero-order valence-electron chi connectivity index (χ0n) is 14.6. The van der Waals surface area contributed by atoms with Gasteiger partial charge in [-0.3, -0.25) is 4.79 Å². The topological polar surface area (TPSA) is 81.9 Å². The lowest BCUT2D eigenvalue weighted by molar-refractivity contribution is -0.118. The fourth-order valence-corrected chi connectivity index (χ4v) is 3.06. The molecule has 1 N–H and O–H groups in total. The Morgan fingerprint density at radius 3 is 2.81 bits per heavy atom. The zero-order valence-corrected chi connectivity index (χ0v) is 15.4. The number of tetrazole rings is 1. The number of aromatic nitrogens is 4. The molecule has 0 aliphatic rings. The predicted molar refractivity (Wildman–Crippen MR) is 99.3 cm³/mol. The number of nitrogens with one attached hydrogen (secondary N) is 1. The molecule has 2 aromatic carbocycles. The molecular formula is C18H18FN5O2S. The first kappa shape index (κ1) is 18.8. The second-order valence-electron chi connectivity index (χ2n) is 5.43. The van der Waals surface area contributed by atoms with Gasteiger partial charge in [-0.05, 0) is 35.5 Å². The highest BCUT2D eigenvalue weighted by Crippen LogP contribution is 2.25. The number of para-hydroxylation sites is 2. The van der Waals surface area contributed by atoms with Crippen molar-refractivity contribution in [2.24, 2.45) is 0 Å². The van der Waals surface area contributed by atoms with Crippen LogP contribution in [0.15, 0.2) is 53.7 Å². The molecule has 0 atom stereocenters. The third-order valence-corrected chi connectivity index (χ3v) is 4.52. The molecule has 9 heteroatoms. The molecule has 1 heterocycles. The first-order chi connectivity index (χ1) is 13.2. The van der Waals surface area contributed by atoms with E-state index in [1.54, 1.807) is 18.2 Å². The third-order valence-electron chi connectivity index (χ3n) is 3.60. The van der Waals surface area contributed by atoms with Gasteiger partial charge in [0.25, 0.3) is 0 Å². The minimum Gasteiger partial charge on any atom is -0.492 e. The number of ether oxygens (including phenoxy) is 1. The normalized spacial score (nSPS) is 10.6. The van der Waals surface area contributed by atoms with Crippen LogP contribution in [0.4, 0.5) is 4.39 Å². The van der Waals surface area contributed by atoms with E-state index in [4.69, 9.17) is 4.74 Å². The summed E-state index contributed by atoms with van der Waals surface area (Å²) in [5.41, 5.74) is 1.13. The maximum absolute atomic E-state index is 13.6.